The van der Waals surface area contributed by atoms with Gasteiger partial charge in [0, 0.05) is 37.9 Å². The molecule has 0 aliphatic carbocycles. The summed E-state index contributed by atoms with van der Waals surface area (Å²) in [7, 11) is 0. The van der Waals surface area contributed by atoms with Gasteiger partial charge in [0.2, 0.25) is 0 Å². The second kappa shape index (κ2) is 7.02. The van der Waals surface area contributed by atoms with Gasteiger partial charge in [0.15, 0.2) is 0 Å². The molecule has 1 heterocycles. The molecule has 0 unspecified atom stereocenters. The lowest BCUT2D eigenvalue weighted by molar-refractivity contribution is -0.274. The first-order valence-corrected chi connectivity index (χ1v) is 7.31. The second-order valence-electron chi connectivity index (χ2n) is 5.23. The number of hydrogen-bond donors (Lipinski definition) is 0. The number of benzene rings is 1. The maximum absolute atomic E-state index is 12.2. The molecule has 3 nitrogen and oxygen atoms in total. The highest BCUT2D eigenvalue weighted by atomic mass is 19.4. The van der Waals surface area contributed by atoms with Gasteiger partial charge in [-0.15, -0.1) is 13.2 Å². The van der Waals surface area contributed by atoms with Crippen molar-refractivity contribution in [3.8, 4) is 5.75 Å². The number of nitrogens with zero attached hydrogens (tertiary/aromatic N) is 2. The number of hydrogen-bond acceptors (Lipinski definition) is 3. The quantitative estimate of drug-likeness (QED) is 0.828. The van der Waals surface area contributed by atoms with Gasteiger partial charge in [-0.1, -0.05) is 19.4 Å². The maximum Gasteiger partial charge on any atom is 0.573 e. The molecule has 1 aromatic rings. The largest absolute Gasteiger partial charge is 0.573 e. The molecule has 0 spiro atoms. The average molecular weight is 302 g/mol. The van der Waals surface area contributed by atoms with Crippen LogP contribution in [0.1, 0.15) is 19.8 Å². The molecule has 2 rings (SSSR count). The molecule has 21 heavy (non-hydrogen) atoms. The van der Waals surface area contributed by atoms with Crippen LogP contribution in [0, 0.1) is 0 Å². The first-order chi connectivity index (χ1) is 9.98. The van der Waals surface area contributed by atoms with E-state index in [1.165, 1.54) is 25.0 Å². The van der Waals surface area contributed by atoms with Crippen LogP contribution >= 0.6 is 0 Å². The Hall–Kier alpha value is -1.43. The van der Waals surface area contributed by atoms with Crippen LogP contribution in [-0.2, 0) is 0 Å². The lowest BCUT2D eigenvalue weighted by Crippen LogP contribution is -2.46. The van der Waals surface area contributed by atoms with Gasteiger partial charge < -0.3 is 9.64 Å². The molecule has 1 aliphatic rings. The zero-order chi connectivity index (χ0) is 15.3. The molecule has 1 saturated heterocycles. The number of piperazine rings is 1. The van der Waals surface area contributed by atoms with Gasteiger partial charge in [-0.2, -0.15) is 0 Å². The highest BCUT2D eigenvalue weighted by Crippen LogP contribution is 2.27. The summed E-state index contributed by atoms with van der Waals surface area (Å²) in [6, 6.07) is 6.20. The zero-order valence-corrected chi connectivity index (χ0v) is 12.2. The Bertz CT molecular complexity index is 443. The van der Waals surface area contributed by atoms with E-state index in [1.807, 2.05) is 6.07 Å². The molecule has 1 fully saturated rings. The molecule has 0 saturated carbocycles. The van der Waals surface area contributed by atoms with Crippen molar-refractivity contribution in [3.63, 3.8) is 0 Å². The fraction of sp³-hybridized carbons (Fsp3) is 0.600. The first-order valence-electron chi connectivity index (χ1n) is 7.31. The Kier molecular flexibility index (Phi) is 5.33. The Labute approximate surface area is 123 Å². The van der Waals surface area contributed by atoms with Crippen LogP contribution in [0.25, 0.3) is 0 Å². The van der Waals surface area contributed by atoms with E-state index in [4.69, 9.17) is 0 Å². The number of ether oxygens (including phenoxy) is 1. The van der Waals surface area contributed by atoms with Crippen molar-refractivity contribution in [2.75, 3.05) is 37.6 Å². The minimum atomic E-state index is -4.64. The van der Waals surface area contributed by atoms with Crippen molar-refractivity contribution in [2.45, 2.75) is 26.1 Å². The normalized spacial score (nSPS) is 17.0. The van der Waals surface area contributed by atoms with Crippen molar-refractivity contribution in [1.82, 2.24) is 4.90 Å². The summed E-state index contributed by atoms with van der Waals surface area (Å²) >= 11 is 0. The number of rotatable bonds is 5. The summed E-state index contributed by atoms with van der Waals surface area (Å²) in [6.07, 6.45) is -2.27. The molecular formula is C15H21F3N2O. The summed E-state index contributed by atoms with van der Waals surface area (Å²) in [4.78, 5) is 4.50. The third-order valence-electron chi connectivity index (χ3n) is 3.62. The third-order valence-corrected chi connectivity index (χ3v) is 3.62. The molecule has 118 valence electrons. The van der Waals surface area contributed by atoms with Crippen LogP contribution < -0.4 is 9.64 Å². The van der Waals surface area contributed by atoms with Crippen molar-refractivity contribution < 1.29 is 17.9 Å². The van der Waals surface area contributed by atoms with Crippen LogP contribution in [-0.4, -0.2) is 44.0 Å². The van der Waals surface area contributed by atoms with Crippen molar-refractivity contribution in [2.24, 2.45) is 0 Å². The smallest absolute Gasteiger partial charge is 0.406 e. The fourth-order valence-electron chi connectivity index (χ4n) is 2.49. The molecule has 0 radical (unpaired) electrons. The van der Waals surface area contributed by atoms with Gasteiger partial charge in [0.05, 0.1) is 0 Å². The molecule has 0 atom stereocenters. The molecule has 0 aromatic heterocycles. The Balaban J connectivity index is 1.92. The Morgan fingerprint density at radius 2 is 1.86 bits per heavy atom. The summed E-state index contributed by atoms with van der Waals surface area (Å²) in [5.74, 6) is -0.159. The van der Waals surface area contributed by atoms with E-state index < -0.39 is 6.36 Å². The molecular weight excluding hydrogens is 281 g/mol. The van der Waals surface area contributed by atoms with Crippen molar-refractivity contribution in [3.05, 3.63) is 24.3 Å². The highest BCUT2D eigenvalue weighted by molar-refractivity contribution is 5.51. The number of unbranched alkanes of at least 4 members (excludes halogenated alkanes) is 1. The van der Waals surface area contributed by atoms with Crippen LogP contribution in [0.15, 0.2) is 24.3 Å². The van der Waals surface area contributed by atoms with Crippen LogP contribution in [0.5, 0.6) is 5.75 Å². The predicted molar refractivity (Wildman–Crippen MR) is 76.7 cm³/mol. The number of halogens is 3. The summed E-state index contributed by atoms with van der Waals surface area (Å²) in [5, 5.41) is 0. The van der Waals surface area contributed by atoms with Gasteiger partial charge >= 0.3 is 6.36 Å². The lowest BCUT2D eigenvalue weighted by Gasteiger charge is -2.36. The SMILES string of the molecule is CCCCN1CCN(c2cccc(OC(F)(F)F)c2)CC1. The standard InChI is InChI=1S/C15H21F3N2O/c1-2-3-7-19-8-10-20(11-9-19)13-5-4-6-14(12-13)21-15(16,17)18/h4-6,12H,2-3,7-11H2,1H3. The average Bonchev–Trinajstić information content (AvgIpc) is 2.44. The van der Waals surface area contributed by atoms with Crippen molar-refractivity contribution >= 4 is 5.69 Å². The molecule has 6 heteroatoms. The van der Waals surface area contributed by atoms with E-state index in [-0.39, 0.29) is 5.75 Å². The van der Waals surface area contributed by atoms with E-state index >= 15 is 0 Å². The first kappa shape index (κ1) is 15.9. The third kappa shape index (κ3) is 5.12. The van der Waals surface area contributed by atoms with Gasteiger partial charge in [-0.25, -0.2) is 0 Å². The van der Waals surface area contributed by atoms with E-state index in [0.717, 1.165) is 38.4 Å². The molecule has 0 N–H and O–H groups in total. The lowest BCUT2D eigenvalue weighted by atomic mass is 10.2. The fourth-order valence-corrected chi connectivity index (χ4v) is 2.49. The molecule has 0 amide bonds. The van der Waals surface area contributed by atoms with Gasteiger partial charge in [-0.05, 0) is 25.1 Å². The summed E-state index contributed by atoms with van der Waals surface area (Å²) in [5.41, 5.74) is 0.784. The Morgan fingerprint density at radius 1 is 1.14 bits per heavy atom. The molecule has 0 bridgehead atoms. The predicted octanol–water partition coefficient (Wildman–Crippen LogP) is 3.51. The van der Waals surface area contributed by atoms with E-state index in [1.54, 1.807) is 6.07 Å². The van der Waals surface area contributed by atoms with Gasteiger partial charge in [0.1, 0.15) is 5.75 Å². The summed E-state index contributed by atoms with van der Waals surface area (Å²) < 4.78 is 40.7. The monoisotopic (exact) mass is 302 g/mol. The number of anilines is 1. The summed E-state index contributed by atoms with van der Waals surface area (Å²) in [6.45, 7) is 6.83. The topological polar surface area (TPSA) is 15.7 Å². The van der Waals surface area contributed by atoms with Crippen molar-refractivity contribution in [1.29, 1.82) is 0 Å². The van der Waals surface area contributed by atoms with Gasteiger partial charge in [-0.3, -0.25) is 4.90 Å². The number of alkyl halides is 3. The van der Waals surface area contributed by atoms with Crippen LogP contribution in [0.3, 0.4) is 0 Å². The highest BCUT2D eigenvalue weighted by Gasteiger charge is 2.31. The Morgan fingerprint density at radius 3 is 2.48 bits per heavy atom. The molecule has 1 aromatic carbocycles. The molecule has 1 aliphatic heterocycles. The van der Waals surface area contributed by atoms with Gasteiger partial charge in [0.25, 0.3) is 0 Å². The minimum absolute atomic E-state index is 0.159. The minimum Gasteiger partial charge on any atom is -0.406 e. The van der Waals surface area contributed by atoms with E-state index in [2.05, 4.69) is 21.5 Å². The maximum atomic E-state index is 12.2. The van der Waals surface area contributed by atoms with E-state index in [0.29, 0.717) is 0 Å². The van der Waals surface area contributed by atoms with Crippen LogP contribution in [0.4, 0.5) is 18.9 Å². The van der Waals surface area contributed by atoms with E-state index in [9.17, 15) is 13.2 Å². The zero-order valence-electron chi connectivity index (χ0n) is 12.2. The second-order valence-corrected chi connectivity index (χ2v) is 5.23. The van der Waals surface area contributed by atoms with Crippen LogP contribution in [0.2, 0.25) is 0 Å².